The molecule has 0 saturated heterocycles. The lowest BCUT2D eigenvalue weighted by Gasteiger charge is -2.06. The summed E-state index contributed by atoms with van der Waals surface area (Å²) >= 11 is 1.64. The second-order valence-electron chi connectivity index (χ2n) is 5.90. The Morgan fingerprint density at radius 3 is 2.52 bits per heavy atom. The zero-order valence-corrected chi connectivity index (χ0v) is 15.3. The first-order valence-corrected chi connectivity index (χ1v) is 8.67. The monoisotopic (exact) mass is 351 g/mol. The van der Waals surface area contributed by atoms with Gasteiger partial charge in [-0.15, -0.1) is 11.3 Å². The third-order valence-electron chi connectivity index (χ3n) is 4.10. The van der Waals surface area contributed by atoms with E-state index in [-0.39, 0.29) is 0 Å². The van der Waals surface area contributed by atoms with Crippen molar-refractivity contribution in [3.63, 3.8) is 0 Å². The topological polar surface area (TPSA) is 57.1 Å². The molecule has 5 nitrogen and oxygen atoms in total. The SMILES string of the molecule is COc1cc(C)c2nc(-c3cc(C)cc4nc(OC)cnc34)sc2c1. The second kappa shape index (κ2) is 5.97. The summed E-state index contributed by atoms with van der Waals surface area (Å²) in [4.78, 5) is 13.9. The highest BCUT2D eigenvalue weighted by Gasteiger charge is 2.15. The lowest BCUT2D eigenvalue weighted by Crippen LogP contribution is -1.93. The van der Waals surface area contributed by atoms with Gasteiger partial charge in [0.1, 0.15) is 10.8 Å². The Morgan fingerprint density at radius 2 is 1.76 bits per heavy atom. The van der Waals surface area contributed by atoms with E-state index in [1.165, 1.54) is 0 Å². The molecule has 0 aliphatic rings. The highest BCUT2D eigenvalue weighted by Crippen LogP contribution is 2.37. The Balaban J connectivity index is 1.97. The van der Waals surface area contributed by atoms with Gasteiger partial charge in [0.2, 0.25) is 5.88 Å². The van der Waals surface area contributed by atoms with Crippen LogP contribution in [0.1, 0.15) is 11.1 Å². The van der Waals surface area contributed by atoms with Gasteiger partial charge in [-0.2, -0.15) is 0 Å². The molecule has 0 aliphatic carbocycles. The van der Waals surface area contributed by atoms with E-state index in [1.807, 2.05) is 32.0 Å². The highest BCUT2D eigenvalue weighted by molar-refractivity contribution is 7.21. The van der Waals surface area contributed by atoms with Gasteiger partial charge >= 0.3 is 0 Å². The first kappa shape index (κ1) is 15.8. The largest absolute Gasteiger partial charge is 0.497 e. The van der Waals surface area contributed by atoms with Crippen LogP contribution in [0.3, 0.4) is 0 Å². The Hall–Kier alpha value is -2.73. The highest BCUT2D eigenvalue weighted by atomic mass is 32.1. The minimum absolute atomic E-state index is 0.508. The molecule has 0 spiro atoms. The van der Waals surface area contributed by atoms with Crippen molar-refractivity contribution < 1.29 is 9.47 Å². The van der Waals surface area contributed by atoms with Crippen LogP contribution in [0.5, 0.6) is 11.6 Å². The van der Waals surface area contributed by atoms with Gasteiger partial charge in [0.15, 0.2) is 0 Å². The van der Waals surface area contributed by atoms with Crippen LogP contribution < -0.4 is 9.47 Å². The minimum atomic E-state index is 0.508. The third-order valence-corrected chi connectivity index (χ3v) is 5.14. The molecule has 0 bridgehead atoms. The maximum absolute atomic E-state index is 5.38. The lowest BCUT2D eigenvalue weighted by atomic mass is 10.1. The van der Waals surface area contributed by atoms with E-state index in [0.29, 0.717) is 5.88 Å². The molecule has 0 radical (unpaired) electrons. The van der Waals surface area contributed by atoms with Crippen molar-refractivity contribution in [1.29, 1.82) is 0 Å². The van der Waals surface area contributed by atoms with Crippen LogP contribution in [0, 0.1) is 13.8 Å². The molecular weight excluding hydrogens is 334 g/mol. The molecule has 126 valence electrons. The predicted octanol–water partition coefficient (Wildman–Crippen LogP) is 4.54. The number of methoxy groups -OCH3 is 2. The second-order valence-corrected chi connectivity index (χ2v) is 6.93. The van der Waals surface area contributed by atoms with E-state index in [2.05, 4.69) is 16.0 Å². The minimum Gasteiger partial charge on any atom is -0.497 e. The van der Waals surface area contributed by atoms with Gasteiger partial charge in [0, 0.05) is 5.56 Å². The number of aromatic nitrogens is 3. The molecule has 2 aromatic heterocycles. The summed E-state index contributed by atoms with van der Waals surface area (Å²) in [5.74, 6) is 1.35. The first-order valence-electron chi connectivity index (χ1n) is 7.86. The summed E-state index contributed by atoms with van der Waals surface area (Å²) in [7, 11) is 3.27. The van der Waals surface area contributed by atoms with Crippen LogP contribution in [-0.4, -0.2) is 29.2 Å². The molecule has 2 heterocycles. The van der Waals surface area contributed by atoms with Crippen molar-refractivity contribution in [3.05, 3.63) is 41.6 Å². The lowest BCUT2D eigenvalue weighted by molar-refractivity contribution is 0.397. The summed E-state index contributed by atoms with van der Waals surface area (Å²) in [5.41, 5.74) is 5.83. The molecule has 0 fully saturated rings. The molecule has 25 heavy (non-hydrogen) atoms. The van der Waals surface area contributed by atoms with E-state index < -0.39 is 0 Å². The van der Waals surface area contributed by atoms with Gasteiger partial charge in [-0.1, -0.05) is 0 Å². The molecule has 0 atom stereocenters. The molecule has 0 unspecified atom stereocenters. The number of hydrogen-bond acceptors (Lipinski definition) is 6. The van der Waals surface area contributed by atoms with Gasteiger partial charge in [0.05, 0.1) is 41.7 Å². The number of nitrogens with zero attached hydrogens (tertiary/aromatic N) is 3. The zero-order valence-electron chi connectivity index (χ0n) is 14.5. The molecule has 2 aromatic carbocycles. The smallest absolute Gasteiger partial charge is 0.232 e. The van der Waals surface area contributed by atoms with E-state index in [9.17, 15) is 0 Å². The fourth-order valence-corrected chi connectivity index (χ4v) is 4.00. The standard InChI is InChI=1S/C19H17N3O2S/c1-10-5-13(18-14(6-10)21-16(24-4)9-20-18)19-22-17-11(2)7-12(23-3)8-15(17)25-19/h5-9H,1-4H3. The average Bonchev–Trinajstić information content (AvgIpc) is 3.04. The van der Waals surface area contributed by atoms with Crippen molar-refractivity contribution in [2.24, 2.45) is 0 Å². The van der Waals surface area contributed by atoms with Crippen LogP contribution in [-0.2, 0) is 0 Å². The number of aryl methyl sites for hydroxylation is 2. The molecular formula is C19H17N3O2S. The van der Waals surface area contributed by atoms with Crippen molar-refractivity contribution >= 4 is 32.6 Å². The van der Waals surface area contributed by atoms with Gasteiger partial charge < -0.3 is 9.47 Å². The first-order chi connectivity index (χ1) is 12.1. The van der Waals surface area contributed by atoms with Crippen LogP contribution in [0.25, 0.3) is 31.8 Å². The fraction of sp³-hybridized carbons (Fsp3) is 0.211. The Bertz CT molecular complexity index is 1100. The number of fused-ring (bicyclic) bond motifs is 2. The third kappa shape index (κ3) is 2.68. The van der Waals surface area contributed by atoms with Crippen LogP contribution in [0.4, 0.5) is 0 Å². The Labute approximate surface area is 149 Å². The number of ether oxygens (including phenoxy) is 2. The van der Waals surface area contributed by atoms with Crippen molar-refractivity contribution in [3.8, 4) is 22.2 Å². The molecule has 4 rings (SSSR count). The Kier molecular flexibility index (Phi) is 3.77. The Morgan fingerprint density at radius 1 is 0.920 bits per heavy atom. The molecule has 0 aliphatic heterocycles. The molecule has 6 heteroatoms. The average molecular weight is 351 g/mol. The number of thiazole rings is 1. The summed E-state index contributed by atoms with van der Waals surface area (Å²) in [6, 6.07) is 8.14. The maximum Gasteiger partial charge on any atom is 0.232 e. The molecule has 0 N–H and O–H groups in total. The number of hydrogen-bond donors (Lipinski definition) is 0. The van der Waals surface area contributed by atoms with E-state index in [1.54, 1.807) is 31.8 Å². The van der Waals surface area contributed by atoms with Crippen LogP contribution in [0.2, 0.25) is 0 Å². The van der Waals surface area contributed by atoms with E-state index in [4.69, 9.17) is 14.5 Å². The zero-order chi connectivity index (χ0) is 17.6. The molecule has 0 amide bonds. The summed E-state index contributed by atoms with van der Waals surface area (Å²) < 4.78 is 11.7. The normalized spacial score (nSPS) is 11.2. The van der Waals surface area contributed by atoms with E-state index in [0.717, 1.165) is 48.7 Å². The van der Waals surface area contributed by atoms with Crippen molar-refractivity contribution in [2.75, 3.05) is 14.2 Å². The maximum atomic E-state index is 5.38. The van der Waals surface area contributed by atoms with Crippen molar-refractivity contribution in [2.45, 2.75) is 13.8 Å². The molecule has 0 saturated carbocycles. The van der Waals surface area contributed by atoms with Gasteiger partial charge in [-0.3, -0.25) is 0 Å². The molecule has 4 aromatic rings. The van der Waals surface area contributed by atoms with Crippen molar-refractivity contribution in [1.82, 2.24) is 15.0 Å². The summed E-state index contributed by atoms with van der Waals surface area (Å²) in [5, 5.41) is 0.930. The van der Waals surface area contributed by atoms with Gasteiger partial charge in [0.25, 0.3) is 0 Å². The van der Waals surface area contributed by atoms with E-state index >= 15 is 0 Å². The number of rotatable bonds is 3. The fourth-order valence-electron chi connectivity index (χ4n) is 2.91. The quantitative estimate of drug-likeness (QED) is 0.542. The summed E-state index contributed by atoms with van der Waals surface area (Å²) in [6.45, 7) is 4.10. The number of benzene rings is 2. The van der Waals surface area contributed by atoms with Crippen LogP contribution in [0.15, 0.2) is 30.5 Å². The van der Waals surface area contributed by atoms with Gasteiger partial charge in [-0.05, 0) is 49.2 Å². The predicted molar refractivity (Wildman–Crippen MR) is 101 cm³/mol. The van der Waals surface area contributed by atoms with Crippen LogP contribution >= 0.6 is 11.3 Å². The van der Waals surface area contributed by atoms with Gasteiger partial charge in [-0.25, -0.2) is 15.0 Å². The summed E-state index contributed by atoms with van der Waals surface area (Å²) in [6.07, 6.45) is 1.64.